The van der Waals surface area contributed by atoms with Gasteiger partial charge in [0.15, 0.2) is 0 Å². The SMILES string of the molecule is C=CCOC(=O)N1CCn2c(C(=O)O)ccc2C12CCC2. The summed E-state index contributed by atoms with van der Waals surface area (Å²) in [6.45, 7) is 4.68. The summed E-state index contributed by atoms with van der Waals surface area (Å²) in [7, 11) is 0. The molecule has 1 aromatic heterocycles. The number of nitrogens with zero attached hydrogens (tertiary/aromatic N) is 2. The smallest absolute Gasteiger partial charge is 0.410 e. The van der Waals surface area contributed by atoms with E-state index in [0.29, 0.717) is 13.1 Å². The Labute approximate surface area is 122 Å². The molecule has 6 nitrogen and oxygen atoms in total. The van der Waals surface area contributed by atoms with Crippen molar-refractivity contribution in [2.24, 2.45) is 0 Å². The van der Waals surface area contributed by atoms with Gasteiger partial charge in [-0.05, 0) is 31.4 Å². The molecule has 0 bridgehead atoms. The van der Waals surface area contributed by atoms with E-state index in [4.69, 9.17) is 4.74 Å². The molecule has 0 radical (unpaired) electrons. The van der Waals surface area contributed by atoms with E-state index in [9.17, 15) is 14.7 Å². The van der Waals surface area contributed by atoms with Gasteiger partial charge in [0.1, 0.15) is 12.3 Å². The molecule has 1 saturated carbocycles. The number of rotatable bonds is 3. The van der Waals surface area contributed by atoms with Crippen molar-refractivity contribution in [2.45, 2.75) is 31.3 Å². The highest BCUT2D eigenvalue weighted by atomic mass is 16.6. The summed E-state index contributed by atoms with van der Waals surface area (Å²) in [6.07, 6.45) is 3.91. The molecule has 0 unspecified atom stereocenters. The van der Waals surface area contributed by atoms with Crippen LogP contribution in [0.2, 0.25) is 0 Å². The maximum absolute atomic E-state index is 12.2. The second-order valence-electron chi connectivity index (χ2n) is 5.46. The topological polar surface area (TPSA) is 71.8 Å². The number of carboxylic acid groups (broad SMARTS) is 1. The molecule has 1 spiro atoms. The van der Waals surface area contributed by atoms with Crippen molar-refractivity contribution in [1.29, 1.82) is 0 Å². The number of hydrogen-bond donors (Lipinski definition) is 1. The van der Waals surface area contributed by atoms with E-state index in [1.165, 1.54) is 0 Å². The first-order chi connectivity index (χ1) is 10.1. The van der Waals surface area contributed by atoms with Crippen molar-refractivity contribution in [1.82, 2.24) is 9.47 Å². The Morgan fingerprint density at radius 1 is 1.38 bits per heavy atom. The highest BCUT2D eigenvalue weighted by molar-refractivity contribution is 5.86. The van der Waals surface area contributed by atoms with Crippen LogP contribution in [0.5, 0.6) is 0 Å². The van der Waals surface area contributed by atoms with Gasteiger partial charge in [0.2, 0.25) is 0 Å². The lowest BCUT2D eigenvalue weighted by atomic mass is 9.72. The van der Waals surface area contributed by atoms with Crippen LogP contribution in [0.15, 0.2) is 24.8 Å². The summed E-state index contributed by atoms with van der Waals surface area (Å²) in [5.41, 5.74) is 0.799. The van der Waals surface area contributed by atoms with Gasteiger partial charge < -0.3 is 14.4 Å². The Morgan fingerprint density at radius 3 is 2.71 bits per heavy atom. The molecule has 0 saturated heterocycles. The van der Waals surface area contributed by atoms with E-state index < -0.39 is 11.5 Å². The van der Waals surface area contributed by atoms with E-state index in [1.807, 2.05) is 10.6 Å². The molecular formula is C15H18N2O4. The summed E-state index contributed by atoms with van der Waals surface area (Å²) in [5, 5.41) is 9.24. The molecule has 6 heteroatoms. The molecule has 0 atom stereocenters. The Kier molecular flexibility index (Phi) is 3.23. The van der Waals surface area contributed by atoms with Crippen LogP contribution in [0.25, 0.3) is 0 Å². The molecule has 1 fully saturated rings. The van der Waals surface area contributed by atoms with E-state index in [2.05, 4.69) is 6.58 Å². The van der Waals surface area contributed by atoms with Gasteiger partial charge in [-0.2, -0.15) is 0 Å². The summed E-state index contributed by atoms with van der Waals surface area (Å²) in [6, 6.07) is 3.45. The van der Waals surface area contributed by atoms with Crippen molar-refractivity contribution in [3.05, 3.63) is 36.2 Å². The van der Waals surface area contributed by atoms with Gasteiger partial charge in [0.25, 0.3) is 0 Å². The first-order valence-corrected chi connectivity index (χ1v) is 7.09. The van der Waals surface area contributed by atoms with Gasteiger partial charge in [-0.15, -0.1) is 0 Å². The largest absolute Gasteiger partial charge is 0.477 e. The second-order valence-corrected chi connectivity index (χ2v) is 5.46. The van der Waals surface area contributed by atoms with Crippen LogP contribution in [-0.2, 0) is 16.8 Å². The van der Waals surface area contributed by atoms with Gasteiger partial charge in [-0.3, -0.25) is 4.90 Å². The molecular weight excluding hydrogens is 272 g/mol. The predicted molar refractivity (Wildman–Crippen MR) is 75.2 cm³/mol. The quantitative estimate of drug-likeness (QED) is 0.866. The molecule has 21 heavy (non-hydrogen) atoms. The van der Waals surface area contributed by atoms with E-state index >= 15 is 0 Å². The minimum atomic E-state index is -0.932. The third kappa shape index (κ3) is 1.93. The lowest BCUT2D eigenvalue weighted by Gasteiger charge is -2.52. The Balaban J connectivity index is 1.95. The van der Waals surface area contributed by atoms with Crippen LogP contribution >= 0.6 is 0 Å². The van der Waals surface area contributed by atoms with Crippen LogP contribution in [0.1, 0.15) is 35.4 Å². The fraction of sp³-hybridized carbons (Fsp3) is 0.467. The standard InChI is InChI=1S/C15H18N2O4/c1-2-10-21-14(20)17-9-8-16-11(13(18)19)4-5-12(16)15(17)6-3-7-15/h2,4-5H,1,3,6-10H2,(H,18,19). The number of amides is 1. The number of aromatic carboxylic acids is 1. The molecule has 0 aromatic carbocycles. The van der Waals surface area contributed by atoms with Crippen LogP contribution < -0.4 is 0 Å². The zero-order valence-corrected chi connectivity index (χ0v) is 11.7. The number of carbonyl (C=O) groups excluding carboxylic acids is 1. The number of ether oxygens (including phenoxy) is 1. The molecule has 1 aliphatic heterocycles. The normalized spacial score (nSPS) is 18.8. The molecule has 2 heterocycles. The van der Waals surface area contributed by atoms with Gasteiger partial charge >= 0.3 is 12.1 Å². The summed E-state index contributed by atoms with van der Waals surface area (Å²) in [4.78, 5) is 25.3. The van der Waals surface area contributed by atoms with Gasteiger partial charge in [0.05, 0.1) is 5.54 Å². The van der Waals surface area contributed by atoms with Gasteiger partial charge in [0, 0.05) is 18.8 Å². The monoisotopic (exact) mass is 290 g/mol. The highest BCUT2D eigenvalue weighted by Gasteiger charge is 2.51. The summed E-state index contributed by atoms with van der Waals surface area (Å²) in [5.74, 6) is -0.932. The maximum Gasteiger partial charge on any atom is 0.410 e. The Hall–Kier alpha value is -2.24. The first kappa shape index (κ1) is 13.7. The second kappa shape index (κ2) is 4.95. The molecule has 1 N–H and O–H groups in total. The zero-order valence-electron chi connectivity index (χ0n) is 11.7. The molecule has 1 aliphatic carbocycles. The number of hydrogen-bond acceptors (Lipinski definition) is 3. The lowest BCUT2D eigenvalue weighted by Crippen LogP contribution is -2.58. The lowest BCUT2D eigenvalue weighted by molar-refractivity contribution is -0.0125. The minimum absolute atomic E-state index is 0.187. The van der Waals surface area contributed by atoms with E-state index in [0.717, 1.165) is 25.0 Å². The van der Waals surface area contributed by atoms with E-state index in [-0.39, 0.29) is 18.4 Å². The molecule has 2 aliphatic rings. The Morgan fingerprint density at radius 2 is 2.14 bits per heavy atom. The zero-order chi connectivity index (χ0) is 15.0. The number of fused-ring (bicyclic) bond motifs is 2. The van der Waals surface area contributed by atoms with Crippen molar-refractivity contribution in [3.63, 3.8) is 0 Å². The number of aromatic nitrogens is 1. The number of carbonyl (C=O) groups is 2. The van der Waals surface area contributed by atoms with E-state index in [1.54, 1.807) is 17.0 Å². The summed E-state index contributed by atoms with van der Waals surface area (Å²) < 4.78 is 6.99. The van der Waals surface area contributed by atoms with Crippen molar-refractivity contribution in [3.8, 4) is 0 Å². The molecule has 1 amide bonds. The van der Waals surface area contributed by atoms with Crippen molar-refractivity contribution in [2.75, 3.05) is 13.2 Å². The summed E-state index contributed by atoms with van der Waals surface area (Å²) >= 11 is 0. The average molecular weight is 290 g/mol. The fourth-order valence-electron chi connectivity index (χ4n) is 3.37. The third-order valence-corrected chi connectivity index (χ3v) is 4.47. The van der Waals surface area contributed by atoms with Crippen LogP contribution in [0.4, 0.5) is 4.79 Å². The van der Waals surface area contributed by atoms with Crippen LogP contribution in [0, 0.1) is 0 Å². The average Bonchev–Trinajstić information content (AvgIpc) is 2.85. The minimum Gasteiger partial charge on any atom is -0.477 e. The van der Waals surface area contributed by atoms with Crippen LogP contribution in [0.3, 0.4) is 0 Å². The van der Waals surface area contributed by atoms with Crippen LogP contribution in [-0.4, -0.2) is 39.8 Å². The molecule has 3 rings (SSSR count). The molecule has 1 aromatic rings. The Bertz CT molecular complexity index is 601. The van der Waals surface area contributed by atoms with Gasteiger partial charge in [-0.1, -0.05) is 12.7 Å². The highest BCUT2D eigenvalue weighted by Crippen LogP contribution is 2.49. The van der Waals surface area contributed by atoms with Crippen molar-refractivity contribution >= 4 is 12.1 Å². The molecule has 112 valence electrons. The maximum atomic E-state index is 12.2. The number of carboxylic acids is 1. The van der Waals surface area contributed by atoms with Crippen molar-refractivity contribution < 1.29 is 19.4 Å². The predicted octanol–water partition coefficient (Wildman–Crippen LogP) is 2.20. The third-order valence-electron chi connectivity index (χ3n) is 4.47. The first-order valence-electron chi connectivity index (χ1n) is 7.09. The van der Waals surface area contributed by atoms with Gasteiger partial charge in [-0.25, -0.2) is 9.59 Å². The fourth-order valence-corrected chi connectivity index (χ4v) is 3.37.